The maximum Gasteiger partial charge on any atom is 0.416 e. The van der Waals surface area contributed by atoms with Gasteiger partial charge in [0.2, 0.25) is 10.0 Å². The molecule has 1 aliphatic heterocycles. The Morgan fingerprint density at radius 2 is 1.69 bits per heavy atom. The van der Waals surface area contributed by atoms with Crippen LogP contribution in [-0.2, 0) is 33.8 Å². The molecule has 0 spiro atoms. The molecule has 49 heavy (non-hydrogen) atoms. The van der Waals surface area contributed by atoms with Gasteiger partial charge in [-0.15, -0.1) is 11.3 Å². The Balaban J connectivity index is 1.84. The van der Waals surface area contributed by atoms with Gasteiger partial charge in [0.1, 0.15) is 29.6 Å². The molecule has 2 heterocycles. The van der Waals surface area contributed by atoms with Crippen molar-refractivity contribution in [2.45, 2.75) is 90.5 Å². The van der Waals surface area contributed by atoms with Crippen LogP contribution < -0.4 is 0 Å². The van der Waals surface area contributed by atoms with E-state index in [1.807, 2.05) is 0 Å². The molecule has 12 nitrogen and oxygen atoms in total. The molecule has 0 saturated heterocycles. The molecule has 0 radical (unpaired) electrons. The number of nitrogens with zero attached hydrogens (tertiary/aromatic N) is 4. The number of hydrogen-bond donors (Lipinski definition) is 0. The number of halogens is 2. The molecular formula is C33H42ClFN4O8S2. The molecule has 1 aliphatic carbocycles. The number of ether oxygens (including phenoxy) is 3. The van der Waals surface area contributed by atoms with Gasteiger partial charge in [0, 0.05) is 28.6 Å². The van der Waals surface area contributed by atoms with Crippen LogP contribution in [0.25, 0.3) is 0 Å². The first-order valence-electron chi connectivity index (χ1n) is 15.7. The average Bonchev–Trinajstić information content (AvgIpc) is 3.51. The van der Waals surface area contributed by atoms with Crippen LogP contribution in [0.3, 0.4) is 0 Å². The Kier molecular flexibility index (Phi) is 11.6. The van der Waals surface area contributed by atoms with E-state index in [0.29, 0.717) is 36.4 Å². The van der Waals surface area contributed by atoms with E-state index in [-0.39, 0.29) is 22.0 Å². The van der Waals surface area contributed by atoms with Crippen molar-refractivity contribution >= 4 is 56.8 Å². The third-order valence-electron chi connectivity index (χ3n) is 7.76. The van der Waals surface area contributed by atoms with E-state index in [0.717, 1.165) is 16.6 Å². The normalized spacial score (nSPS) is 20.6. The number of carbonyl (C=O) groups is 3. The number of hydrogen-bond acceptors (Lipinski definition) is 11. The van der Waals surface area contributed by atoms with Gasteiger partial charge >= 0.3 is 18.0 Å². The lowest BCUT2D eigenvalue weighted by molar-refractivity contribution is -0.155. The molecule has 1 atom stereocenters. The van der Waals surface area contributed by atoms with Crippen molar-refractivity contribution in [1.82, 2.24) is 14.2 Å². The summed E-state index contributed by atoms with van der Waals surface area (Å²) >= 11 is 7.83. The topological polar surface area (TPSA) is 145 Å². The third kappa shape index (κ3) is 9.44. The number of carbonyl (C=O) groups excluding carboxylic acids is 3. The van der Waals surface area contributed by atoms with Crippen molar-refractivity contribution in [3.05, 3.63) is 62.5 Å². The summed E-state index contributed by atoms with van der Waals surface area (Å²) in [5.74, 6) is -2.39. The highest BCUT2D eigenvalue weighted by Crippen LogP contribution is 2.45. The van der Waals surface area contributed by atoms with Crippen molar-refractivity contribution < 1.29 is 41.4 Å². The van der Waals surface area contributed by atoms with Gasteiger partial charge in [-0.2, -0.15) is 4.31 Å². The van der Waals surface area contributed by atoms with E-state index >= 15 is 0 Å². The molecule has 1 amide bonds. The molecule has 4 rings (SSSR count). The summed E-state index contributed by atoms with van der Waals surface area (Å²) in [7, 11) is -2.60. The zero-order valence-corrected chi connectivity index (χ0v) is 31.2. The summed E-state index contributed by atoms with van der Waals surface area (Å²) in [5, 5.41) is 2.01. The fourth-order valence-corrected chi connectivity index (χ4v) is 7.90. The van der Waals surface area contributed by atoms with Crippen molar-refractivity contribution in [3.8, 4) is 0 Å². The molecule has 16 heteroatoms. The second kappa shape index (κ2) is 14.8. The lowest BCUT2D eigenvalue weighted by Gasteiger charge is -2.40. The Morgan fingerprint density at radius 1 is 1.06 bits per heavy atom. The van der Waals surface area contributed by atoms with Crippen molar-refractivity contribution in [2.24, 2.45) is 10.9 Å². The first kappa shape index (κ1) is 38.4. The molecule has 0 N–H and O–H groups in total. The maximum atomic E-state index is 14.3. The van der Waals surface area contributed by atoms with Crippen molar-refractivity contribution in [3.63, 3.8) is 0 Å². The van der Waals surface area contributed by atoms with Gasteiger partial charge in [0.25, 0.3) is 0 Å². The number of amides is 1. The number of aromatic nitrogens is 1. The third-order valence-corrected chi connectivity index (χ3v) is 10.1. The number of sulfonamides is 1. The van der Waals surface area contributed by atoms with Crippen molar-refractivity contribution in [2.75, 3.05) is 19.9 Å². The van der Waals surface area contributed by atoms with E-state index < -0.39 is 69.6 Å². The highest BCUT2D eigenvalue weighted by atomic mass is 35.5. The van der Waals surface area contributed by atoms with Crippen molar-refractivity contribution in [1.29, 1.82) is 0 Å². The van der Waals surface area contributed by atoms with Crippen LogP contribution in [0.4, 0.5) is 9.18 Å². The van der Waals surface area contributed by atoms with E-state index in [2.05, 4.69) is 4.98 Å². The summed E-state index contributed by atoms with van der Waals surface area (Å²) < 4.78 is 57.6. The van der Waals surface area contributed by atoms with Gasteiger partial charge in [-0.1, -0.05) is 17.7 Å². The highest BCUT2D eigenvalue weighted by molar-refractivity contribution is 7.88. The zero-order chi connectivity index (χ0) is 36.5. The van der Waals surface area contributed by atoms with Gasteiger partial charge < -0.3 is 14.2 Å². The minimum Gasteiger partial charge on any atom is -0.466 e. The molecule has 1 aromatic heterocycles. The van der Waals surface area contributed by atoms with Crippen LogP contribution in [0.15, 0.2) is 46.0 Å². The summed E-state index contributed by atoms with van der Waals surface area (Å²) in [6.07, 6.45) is 3.15. The largest absolute Gasteiger partial charge is 0.466 e. The van der Waals surface area contributed by atoms with Gasteiger partial charge in [0.15, 0.2) is 10.8 Å². The quantitative estimate of drug-likeness (QED) is 0.226. The Morgan fingerprint density at radius 3 is 2.20 bits per heavy atom. The molecule has 1 fully saturated rings. The zero-order valence-electron chi connectivity index (χ0n) is 28.8. The number of thiazole rings is 1. The monoisotopic (exact) mass is 740 g/mol. The number of methoxy groups -OCH3 is 1. The lowest BCUT2D eigenvalue weighted by Crippen LogP contribution is -2.48. The minimum absolute atomic E-state index is 0.000604. The number of aliphatic imine (C=N–C) groups is 1. The number of benzene rings is 1. The molecule has 2 aliphatic rings. The summed E-state index contributed by atoms with van der Waals surface area (Å²) in [6.45, 7) is 9.75. The minimum atomic E-state index is -3.80. The number of rotatable bonds is 8. The van der Waals surface area contributed by atoms with Crippen LogP contribution in [-0.4, -0.2) is 83.6 Å². The molecule has 268 valence electrons. The fraction of sp³-hybridized carbons (Fsp3) is 0.545. The summed E-state index contributed by atoms with van der Waals surface area (Å²) in [4.78, 5) is 51.0. The highest BCUT2D eigenvalue weighted by Gasteiger charge is 2.46. The molecular weight excluding hydrogens is 699 g/mol. The average molecular weight is 741 g/mol. The number of esters is 2. The SMILES string of the molecule is COC(=O)C1=C([C@H]2CC[C@@H](N(CC(=O)OC(C)(C)C)S(C)(=O)=O)CC2)N=C(c2nccs2)N(C(=O)OC(C)(C)C)C1c1ccc(F)cc1Cl. The van der Waals surface area contributed by atoms with E-state index in [1.165, 1.54) is 35.5 Å². The Labute approximate surface area is 295 Å². The van der Waals surface area contributed by atoms with Crippen LogP contribution in [0.1, 0.15) is 83.8 Å². The molecule has 1 saturated carbocycles. The smallest absolute Gasteiger partial charge is 0.416 e. The maximum absolute atomic E-state index is 14.3. The fourth-order valence-electron chi connectivity index (χ4n) is 5.92. The molecule has 1 unspecified atom stereocenters. The van der Waals surface area contributed by atoms with E-state index in [9.17, 15) is 27.2 Å². The number of allylic oxidation sites excluding steroid dienone is 1. The Bertz CT molecular complexity index is 1740. The molecule has 0 bridgehead atoms. The second-order valence-corrected chi connectivity index (χ2v) is 17.1. The summed E-state index contributed by atoms with van der Waals surface area (Å²) in [5.41, 5.74) is -1.20. The van der Waals surface area contributed by atoms with Crippen LogP contribution in [0.2, 0.25) is 5.02 Å². The molecule has 2 aromatic rings. The lowest BCUT2D eigenvalue weighted by atomic mass is 9.80. The predicted molar refractivity (Wildman–Crippen MR) is 183 cm³/mol. The predicted octanol–water partition coefficient (Wildman–Crippen LogP) is 6.26. The first-order valence-corrected chi connectivity index (χ1v) is 18.8. The van der Waals surface area contributed by atoms with Crippen LogP contribution >= 0.6 is 22.9 Å². The first-order chi connectivity index (χ1) is 22.7. The number of amidine groups is 1. The van der Waals surface area contributed by atoms with Gasteiger partial charge in [-0.05, 0) is 84.9 Å². The van der Waals surface area contributed by atoms with Crippen LogP contribution in [0, 0.1) is 11.7 Å². The van der Waals surface area contributed by atoms with Crippen LogP contribution in [0.5, 0.6) is 0 Å². The summed E-state index contributed by atoms with van der Waals surface area (Å²) in [6, 6.07) is 1.88. The van der Waals surface area contributed by atoms with Gasteiger partial charge in [0.05, 0.1) is 24.6 Å². The van der Waals surface area contributed by atoms with E-state index in [1.54, 1.807) is 53.1 Å². The second-order valence-electron chi connectivity index (χ2n) is 13.9. The van der Waals surface area contributed by atoms with Gasteiger partial charge in [-0.25, -0.2) is 37.3 Å². The van der Waals surface area contributed by atoms with E-state index in [4.69, 9.17) is 30.8 Å². The Hall–Kier alpha value is -3.40. The molecule has 1 aromatic carbocycles. The standard InChI is InChI=1S/C33H42ClFN4O8S2/c1-32(2,3)46-24(40)18-38(49(8,43)44)21-12-9-19(10-13-21)26-25(30(41)45-7)27(22-14-11-20(35)17-23(22)34)39(31(42)47-33(4,5)6)28(37-26)29-36-15-16-48-29/h11,14-17,19,21,27H,9-10,12-13,18H2,1-8H3/t19-,21+,27?. The van der Waals surface area contributed by atoms with Gasteiger partial charge in [-0.3, -0.25) is 4.79 Å².